The van der Waals surface area contributed by atoms with E-state index in [9.17, 15) is 9.59 Å². The van der Waals surface area contributed by atoms with Gasteiger partial charge >= 0.3 is 12.0 Å². The third kappa shape index (κ3) is 4.94. The molecule has 2 amide bonds. The van der Waals surface area contributed by atoms with Crippen LogP contribution in [0.15, 0.2) is 48.5 Å². The molecule has 0 saturated carbocycles. The van der Waals surface area contributed by atoms with Gasteiger partial charge in [-0.15, -0.1) is 0 Å². The van der Waals surface area contributed by atoms with Crippen molar-refractivity contribution < 1.29 is 14.7 Å². The quantitative estimate of drug-likeness (QED) is 0.794. The number of nitrogens with one attached hydrogen (secondary N) is 2. The zero-order chi connectivity index (χ0) is 15.9. The van der Waals surface area contributed by atoms with Crippen LogP contribution in [0.1, 0.15) is 16.7 Å². The first kappa shape index (κ1) is 15.6. The Labute approximate surface area is 129 Å². The highest BCUT2D eigenvalue weighted by Gasteiger charge is 2.03. The van der Waals surface area contributed by atoms with Gasteiger partial charge < -0.3 is 15.7 Å². The number of hydrogen-bond acceptors (Lipinski definition) is 2. The molecule has 0 aromatic heterocycles. The third-order valence-electron chi connectivity index (χ3n) is 3.10. The lowest BCUT2D eigenvalue weighted by molar-refractivity contribution is -0.136. The van der Waals surface area contributed by atoms with E-state index in [1.807, 2.05) is 31.2 Å². The SMILES string of the molecule is Cc1cccc(CNC(=O)Nc2ccc(CC(=O)O)cc2)c1. The van der Waals surface area contributed by atoms with Gasteiger partial charge in [0.25, 0.3) is 0 Å². The second-order valence-corrected chi connectivity index (χ2v) is 5.06. The molecule has 0 heterocycles. The molecule has 5 nitrogen and oxygen atoms in total. The Balaban J connectivity index is 1.85. The van der Waals surface area contributed by atoms with Gasteiger partial charge in [-0.05, 0) is 30.2 Å². The first-order valence-electron chi connectivity index (χ1n) is 6.94. The van der Waals surface area contributed by atoms with Crippen LogP contribution in [0.25, 0.3) is 0 Å². The van der Waals surface area contributed by atoms with E-state index in [1.165, 1.54) is 0 Å². The molecular formula is C17H18N2O3. The number of aliphatic carboxylic acids is 1. The summed E-state index contributed by atoms with van der Waals surface area (Å²) in [6.45, 7) is 2.45. The molecule has 0 aliphatic carbocycles. The molecule has 0 fully saturated rings. The minimum absolute atomic E-state index is 0.0279. The van der Waals surface area contributed by atoms with Crippen molar-refractivity contribution in [2.45, 2.75) is 19.9 Å². The van der Waals surface area contributed by atoms with Crippen molar-refractivity contribution in [1.82, 2.24) is 5.32 Å². The van der Waals surface area contributed by atoms with E-state index < -0.39 is 5.97 Å². The number of benzene rings is 2. The van der Waals surface area contributed by atoms with Crippen molar-refractivity contribution in [3.05, 3.63) is 65.2 Å². The number of rotatable bonds is 5. The van der Waals surface area contributed by atoms with Gasteiger partial charge in [0.05, 0.1) is 6.42 Å². The standard InChI is InChI=1S/C17H18N2O3/c1-12-3-2-4-14(9-12)11-18-17(22)19-15-7-5-13(6-8-15)10-16(20)21/h2-9H,10-11H2,1H3,(H,20,21)(H2,18,19,22). The molecule has 0 unspecified atom stereocenters. The Bertz CT molecular complexity index is 666. The van der Waals surface area contributed by atoms with E-state index in [-0.39, 0.29) is 12.5 Å². The summed E-state index contributed by atoms with van der Waals surface area (Å²) in [6, 6.07) is 14.4. The van der Waals surface area contributed by atoms with Gasteiger partial charge in [-0.2, -0.15) is 0 Å². The highest BCUT2D eigenvalue weighted by atomic mass is 16.4. The fourth-order valence-electron chi connectivity index (χ4n) is 2.06. The largest absolute Gasteiger partial charge is 0.481 e. The Hall–Kier alpha value is -2.82. The highest BCUT2D eigenvalue weighted by molar-refractivity contribution is 5.89. The second kappa shape index (κ2) is 7.26. The lowest BCUT2D eigenvalue weighted by atomic mass is 10.1. The van der Waals surface area contributed by atoms with Crippen LogP contribution in [0.2, 0.25) is 0 Å². The van der Waals surface area contributed by atoms with Crippen molar-refractivity contribution in [2.75, 3.05) is 5.32 Å². The van der Waals surface area contributed by atoms with Gasteiger partial charge in [-0.25, -0.2) is 4.79 Å². The van der Waals surface area contributed by atoms with Gasteiger partial charge in [0.15, 0.2) is 0 Å². The van der Waals surface area contributed by atoms with Crippen LogP contribution < -0.4 is 10.6 Å². The zero-order valence-electron chi connectivity index (χ0n) is 12.3. The number of hydrogen-bond donors (Lipinski definition) is 3. The highest BCUT2D eigenvalue weighted by Crippen LogP contribution is 2.10. The minimum atomic E-state index is -0.878. The predicted octanol–water partition coefficient (Wildman–Crippen LogP) is 2.94. The summed E-state index contributed by atoms with van der Waals surface area (Å²) in [5, 5.41) is 14.2. The Morgan fingerprint density at radius 3 is 2.41 bits per heavy atom. The molecule has 0 spiro atoms. The van der Waals surface area contributed by atoms with Crippen LogP contribution in [0.3, 0.4) is 0 Å². The maximum absolute atomic E-state index is 11.8. The minimum Gasteiger partial charge on any atom is -0.481 e. The lowest BCUT2D eigenvalue weighted by Crippen LogP contribution is -2.28. The number of aryl methyl sites for hydroxylation is 1. The summed E-state index contributed by atoms with van der Waals surface area (Å²) < 4.78 is 0. The molecule has 0 radical (unpaired) electrons. The summed E-state index contributed by atoms with van der Waals surface area (Å²) in [6.07, 6.45) is -0.0279. The summed E-state index contributed by atoms with van der Waals surface area (Å²) in [7, 11) is 0. The fraction of sp³-hybridized carbons (Fsp3) is 0.176. The molecule has 3 N–H and O–H groups in total. The van der Waals surface area contributed by atoms with E-state index in [0.29, 0.717) is 17.8 Å². The molecule has 2 rings (SSSR count). The molecule has 0 atom stereocenters. The molecule has 0 aliphatic heterocycles. The Morgan fingerprint density at radius 1 is 1.05 bits per heavy atom. The van der Waals surface area contributed by atoms with E-state index in [0.717, 1.165) is 11.1 Å². The molecule has 0 aliphatic rings. The van der Waals surface area contributed by atoms with Crippen LogP contribution in [-0.4, -0.2) is 17.1 Å². The van der Waals surface area contributed by atoms with E-state index in [1.54, 1.807) is 24.3 Å². The van der Waals surface area contributed by atoms with Gasteiger partial charge in [0.1, 0.15) is 0 Å². The third-order valence-corrected chi connectivity index (χ3v) is 3.10. The molecular weight excluding hydrogens is 280 g/mol. The summed E-state index contributed by atoms with van der Waals surface area (Å²) in [5.74, 6) is -0.878. The number of carbonyl (C=O) groups excluding carboxylic acids is 1. The van der Waals surface area contributed by atoms with Crippen LogP contribution in [-0.2, 0) is 17.8 Å². The first-order valence-corrected chi connectivity index (χ1v) is 6.94. The molecule has 0 saturated heterocycles. The number of urea groups is 1. The topological polar surface area (TPSA) is 78.4 Å². The van der Waals surface area contributed by atoms with E-state index in [4.69, 9.17) is 5.11 Å². The summed E-state index contributed by atoms with van der Waals surface area (Å²) in [5.41, 5.74) is 3.50. The molecule has 2 aromatic rings. The Morgan fingerprint density at radius 2 is 1.77 bits per heavy atom. The van der Waals surface area contributed by atoms with Crippen LogP contribution in [0, 0.1) is 6.92 Å². The second-order valence-electron chi connectivity index (χ2n) is 5.06. The molecule has 2 aromatic carbocycles. The number of carboxylic acids is 1. The van der Waals surface area contributed by atoms with Gasteiger partial charge in [-0.1, -0.05) is 42.0 Å². The normalized spacial score (nSPS) is 10.0. The van der Waals surface area contributed by atoms with Gasteiger partial charge in [-0.3, -0.25) is 4.79 Å². The monoisotopic (exact) mass is 298 g/mol. The van der Waals surface area contributed by atoms with Crippen molar-refractivity contribution in [2.24, 2.45) is 0 Å². The molecule has 114 valence electrons. The predicted molar refractivity (Wildman–Crippen MR) is 84.8 cm³/mol. The lowest BCUT2D eigenvalue weighted by Gasteiger charge is -2.08. The average Bonchev–Trinajstić information content (AvgIpc) is 2.47. The van der Waals surface area contributed by atoms with E-state index in [2.05, 4.69) is 10.6 Å². The van der Waals surface area contributed by atoms with Crippen LogP contribution in [0.5, 0.6) is 0 Å². The fourth-order valence-corrected chi connectivity index (χ4v) is 2.06. The average molecular weight is 298 g/mol. The van der Waals surface area contributed by atoms with Crippen molar-refractivity contribution in [1.29, 1.82) is 0 Å². The van der Waals surface area contributed by atoms with Gasteiger partial charge in [0.2, 0.25) is 0 Å². The maximum Gasteiger partial charge on any atom is 0.319 e. The summed E-state index contributed by atoms with van der Waals surface area (Å²) in [4.78, 5) is 22.4. The smallest absolute Gasteiger partial charge is 0.319 e. The van der Waals surface area contributed by atoms with Crippen LogP contribution in [0.4, 0.5) is 10.5 Å². The zero-order valence-corrected chi connectivity index (χ0v) is 12.3. The molecule has 5 heteroatoms. The number of amides is 2. The number of carbonyl (C=O) groups is 2. The van der Waals surface area contributed by atoms with E-state index >= 15 is 0 Å². The Kier molecular flexibility index (Phi) is 5.14. The summed E-state index contributed by atoms with van der Waals surface area (Å²) >= 11 is 0. The van der Waals surface area contributed by atoms with Crippen molar-refractivity contribution >= 4 is 17.7 Å². The van der Waals surface area contributed by atoms with Crippen LogP contribution >= 0.6 is 0 Å². The van der Waals surface area contributed by atoms with Gasteiger partial charge in [0, 0.05) is 12.2 Å². The number of anilines is 1. The molecule has 22 heavy (non-hydrogen) atoms. The maximum atomic E-state index is 11.8. The van der Waals surface area contributed by atoms with Crippen molar-refractivity contribution in [3.63, 3.8) is 0 Å². The van der Waals surface area contributed by atoms with Crippen molar-refractivity contribution in [3.8, 4) is 0 Å². The number of carboxylic acid groups (broad SMARTS) is 1. The molecule has 0 bridgehead atoms. The first-order chi connectivity index (χ1) is 10.5.